The van der Waals surface area contributed by atoms with Crippen LogP contribution in [0.1, 0.15) is 245 Å². The van der Waals surface area contributed by atoms with Crippen LogP contribution in [0.3, 0.4) is 0 Å². The van der Waals surface area contributed by atoms with Crippen molar-refractivity contribution in [3.8, 4) is 0 Å². The van der Waals surface area contributed by atoms with E-state index in [2.05, 4.69) is 55.6 Å². The molecular weight excluding hydrogens is 871 g/mol. The summed E-state index contributed by atoms with van der Waals surface area (Å²) in [6.07, 6.45) is 49.3. The molecule has 0 radical (unpaired) electrons. The Balaban J connectivity index is 2.08. The molecule has 11 nitrogen and oxygen atoms in total. The van der Waals surface area contributed by atoms with E-state index in [1.807, 2.05) is 6.08 Å². The van der Waals surface area contributed by atoms with Gasteiger partial charge in [0.2, 0.25) is 5.91 Å². The Bertz CT molecular complexity index is 1290. The van der Waals surface area contributed by atoms with Crippen LogP contribution in [-0.2, 0) is 23.8 Å². The van der Waals surface area contributed by atoms with Crippen LogP contribution in [-0.4, -0.2) is 100 Å². The lowest BCUT2D eigenvalue weighted by Gasteiger charge is -2.40. The molecule has 1 fully saturated rings. The number of amides is 1. The van der Waals surface area contributed by atoms with Gasteiger partial charge in [-0.25, -0.2) is 0 Å². The van der Waals surface area contributed by atoms with E-state index in [1.165, 1.54) is 128 Å². The average molecular weight is 976 g/mol. The molecule has 0 aliphatic carbocycles. The molecule has 0 aromatic rings. The first kappa shape index (κ1) is 64.6. The highest BCUT2D eigenvalue weighted by Crippen LogP contribution is 2.23. The first-order valence-corrected chi connectivity index (χ1v) is 28.4. The number of nitrogens with one attached hydrogen (secondary N) is 1. The summed E-state index contributed by atoms with van der Waals surface area (Å²) in [5.41, 5.74) is 0. The summed E-state index contributed by atoms with van der Waals surface area (Å²) in [6, 6.07) is -0.834. The Labute approximate surface area is 421 Å². The molecule has 11 heteroatoms. The predicted octanol–water partition coefficient (Wildman–Crippen LogP) is 12.5. The number of hydrogen-bond donors (Lipinski definition) is 6. The van der Waals surface area contributed by atoms with Gasteiger partial charge in [-0.2, -0.15) is 0 Å². The first-order chi connectivity index (χ1) is 33.7. The van der Waals surface area contributed by atoms with Crippen LogP contribution in [0.15, 0.2) is 48.6 Å². The minimum atomic E-state index is -1.58. The number of esters is 1. The Morgan fingerprint density at radius 3 is 1.55 bits per heavy atom. The molecule has 0 spiro atoms. The van der Waals surface area contributed by atoms with E-state index in [9.17, 15) is 35.1 Å². The van der Waals surface area contributed by atoms with Gasteiger partial charge in [-0.1, -0.05) is 204 Å². The third-order valence-electron chi connectivity index (χ3n) is 13.2. The predicted molar refractivity (Wildman–Crippen MR) is 283 cm³/mol. The SMILES string of the molecule is CCCCC/C=C/CC/C=C/C(O)C(COC1OC(CO)C(O)C(O)C1O)NC(=O)CCCCCCCCCCCC/C=C\C=C/CCCCCOC(=O)CCCCCCCCCCCCCCC. The third-order valence-corrected chi connectivity index (χ3v) is 13.2. The zero-order chi connectivity index (χ0) is 50.3. The van der Waals surface area contributed by atoms with Crippen molar-refractivity contribution in [2.45, 2.75) is 288 Å². The molecular formula is C58H105NO10. The van der Waals surface area contributed by atoms with E-state index in [0.717, 1.165) is 89.9 Å². The summed E-state index contributed by atoms with van der Waals surface area (Å²) < 4.78 is 16.6. The lowest BCUT2D eigenvalue weighted by Crippen LogP contribution is -2.60. The van der Waals surface area contributed by atoms with E-state index in [-0.39, 0.29) is 18.5 Å². The number of carbonyl (C=O) groups is 2. The van der Waals surface area contributed by atoms with Crippen molar-refractivity contribution in [3.63, 3.8) is 0 Å². The second kappa shape index (κ2) is 47.9. The quantitative estimate of drug-likeness (QED) is 0.0149. The number of carbonyl (C=O) groups excluding carboxylic acids is 2. The van der Waals surface area contributed by atoms with Gasteiger partial charge in [0.05, 0.1) is 32.0 Å². The van der Waals surface area contributed by atoms with Crippen molar-refractivity contribution in [1.82, 2.24) is 5.32 Å². The van der Waals surface area contributed by atoms with Crippen LogP contribution in [0.2, 0.25) is 0 Å². The molecule has 1 rings (SSSR count). The van der Waals surface area contributed by atoms with Crippen LogP contribution in [0.25, 0.3) is 0 Å². The van der Waals surface area contributed by atoms with Gasteiger partial charge in [0, 0.05) is 12.8 Å². The molecule has 6 N–H and O–H groups in total. The fraction of sp³-hybridized carbons (Fsp3) is 0.828. The Kier molecular flexibility index (Phi) is 44.9. The third kappa shape index (κ3) is 38.0. The van der Waals surface area contributed by atoms with Gasteiger partial charge in [0.25, 0.3) is 0 Å². The van der Waals surface area contributed by atoms with E-state index < -0.39 is 49.5 Å². The molecule has 7 atom stereocenters. The van der Waals surface area contributed by atoms with E-state index >= 15 is 0 Å². The number of unbranched alkanes of at least 4 members (excludes halogenated alkanes) is 29. The Hall–Kier alpha value is -2.38. The highest BCUT2D eigenvalue weighted by atomic mass is 16.7. The van der Waals surface area contributed by atoms with Gasteiger partial charge in [-0.15, -0.1) is 0 Å². The van der Waals surface area contributed by atoms with Crippen molar-refractivity contribution in [2.75, 3.05) is 19.8 Å². The molecule has 402 valence electrons. The fourth-order valence-electron chi connectivity index (χ4n) is 8.62. The maximum atomic E-state index is 13.0. The number of rotatable bonds is 48. The standard InChI is InChI=1S/C58H105NO10/c1-3-5-7-9-11-13-14-22-26-30-34-38-42-46-54(63)67-47-43-39-35-31-27-24-21-19-17-15-16-18-20-23-25-29-33-37-41-45-53(62)59-50(51(61)44-40-36-32-28-12-10-8-6-4-2)49-68-58-57(66)56(65)55(64)52(48-60)69-58/h12,19,21,24,27-28,40,44,50-52,55-58,60-61,64-66H,3-11,13-18,20,22-23,25-26,29-39,41-43,45-49H2,1-2H3,(H,59,62)/b21-19-,27-24-,28-12+,44-40+. The number of aliphatic hydroxyl groups is 5. The van der Waals surface area contributed by atoms with Crippen molar-refractivity contribution in [3.05, 3.63) is 48.6 Å². The smallest absolute Gasteiger partial charge is 0.305 e. The molecule has 0 aromatic heterocycles. The molecule has 1 aliphatic rings. The van der Waals surface area contributed by atoms with Crippen molar-refractivity contribution < 1.29 is 49.3 Å². The average Bonchev–Trinajstić information content (AvgIpc) is 3.34. The van der Waals surface area contributed by atoms with Crippen LogP contribution in [0, 0.1) is 0 Å². The summed E-state index contributed by atoms with van der Waals surface area (Å²) in [5, 5.41) is 54.1. The minimum Gasteiger partial charge on any atom is -0.466 e. The van der Waals surface area contributed by atoms with Gasteiger partial charge < -0.3 is 45.1 Å². The van der Waals surface area contributed by atoms with Crippen LogP contribution < -0.4 is 5.32 Å². The van der Waals surface area contributed by atoms with Crippen molar-refractivity contribution in [2.24, 2.45) is 0 Å². The number of hydrogen-bond acceptors (Lipinski definition) is 10. The molecule has 0 bridgehead atoms. The number of allylic oxidation sites excluding steroid dienone is 7. The molecule has 1 heterocycles. The second-order valence-corrected chi connectivity index (χ2v) is 19.7. The van der Waals surface area contributed by atoms with Crippen LogP contribution in [0.4, 0.5) is 0 Å². The van der Waals surface area contributed by atoms with Gasteiger partial charge >= 0.3 is 5.97 Å². The topological polar surface area (TPSA) is 175 Å². The lowest BCUT2D eigenvalue weighted by atomic mass is 9.99. The van der Waals surface area contributed by atoms with Crippen LogP contribution >= 0.6 is 0 Å². The van der Waals surface area contributed by atoms with Gasteiger partial charge in [-0.3, -0.25) is 9.59 Å². The van der Waals surface area contributed by atoms with E-state index in [1.54, 1.807) is 6.08 Å². The zero-order valence-corrected chi connectivity index (χ0v) is 44.0. The molecule has 1 saturated heterocycles. The van der Waals surface area contributed by atoms with E-state index in [0.29, 0.717) is 19.4 Å². The maximum absolute atomic E-state index is 13.0. The van der Waals surface area contributed by atoms with E-state index in [4.69, 9.17) is 14.2 Å². The number of ether oxygens (including phenoxy) is 3. The Morgan fingerprint density at radius 2 is 0.986 bits per heavy atom. The largest absolute Gasteiger partial charge is 0.466 e. The van der Waals surface area contributed by atoms with Gasteiger partial charge in [0.15, 0.2) is 6.29 Å². The lowest BCUT2D eigenvalue weighted by molar-refractivity contribution is -0.302. The second-order valence-electron chi connectivity index (χ2n) is 19.7. The number of aliphatic hydroxyl groups excluding tert-OH is 5. The molecule has 69 heavy (non-hydrogen) atoms. The summed E-state index contributed by atoms with van der Waals surface area (Å²) in [7, 11) is 0. The zero-order valence-electron chi connectivity index (χ0n) is 44.0. The van der Waals surface area contributed by atoms with Crippen molar-refractivity contribution in [1.29, 1.82) is 0 Å². The highest BCUT2D eigenvalue weighted by Gasteiger charge is 2.44. The summed E-state index contributed by atoms with van der Waals surface area (Å²) in [4.78, 5) is 25.0. The minimum absolute atomic E-state index is 0.0281. The summed E-state index contributed by atoms with van der Waals surface area (Å²) in [5.74, 6) is -0.233. The monoisotopic (exact) mass is 976 g/mol. The van der Waals surface area contributed by atoms with Crippen molar-refractivity contribution >= 4 is 11.9 Å². The molecule has 1 aliphatic heterocycles. The molecule has 7 unspecified atom stereocenters. The molecule has 0 aromatic carbocycles. The fourth-order valence-corrected chi connectivity index (χ4v) is 8.62. The molecule has 0 saturated carbocycles. The Morgan fingerprint density at radius 1 is 0.536 bits per heavy atom. The van der Waals surface area contributed by atoms with Gasteiger partial charge in [0.1, 0.15) is 24.4 Å². The van der Waals surface area contributed by atoms with Gasteiger partial charge in [-0.05, 0) is 77.0 Å². The maximum Gasteiger partial charge on any atom is 0.305 e. The highest BCUT2D eigenvalue weighted by molar-refractivity contribution is 5.76. The first-order valence-electron chi connectivity index (χ1n) is 28.4. The molecule has 1 amide bonds. The van der Waals surface area contributed by atoms with Crippen LogP contribution in [0.5, 0.6) is 0 Å². The normalized spacial score (nSPS) is 19.7. The summed E-state index contributed by atoms with van der Waals surface area (Å²) >= 11 is 0. The summed E-state index contributed by atoms with van der Waals surface area (Å²) in [6.45, 7) is 4.22.